The van der Waals surface area contributed by atoms with E-state index in [-0.39, 0.29) is 23.6 Å². The minimum Gasteiger partial charge on any atom is -0.469 e. The monoisotopic (exact) mass is 242 g/mol. The van der Waals surface area contributed by atoms with Crippen LogP contribution in [0.5, 0.6) is 0 Å². The molecule has 0 amide bonds. The highest BCUT2D eigenvalue weighted by Gasteiger charge is 2.48. The van der Waals surface area contributed by atoms with E-state index in [2.05, 4.69) is 0 Å². The van der Waals surface area contributed by atoms with Gasteiger partial charge < -0.3 is 14.2 Å². The summed E-state index contributed by atoms with van der Waals surface area (Å²) in [5, 5.41) is 0. The smallest absolute Gasteiger partial charge is 0.308 e. The topological polar surface area (TPSA) is 61.8 Å². The molecule has 2 rings (SSSR count). The second-order valence-corrected chi connectivity index (χ2v) is 4.78. The van der Waals surface area contributed by atoms with E-state index in [1.165, 1.54) is 7.11 Å². The van der Waals surface area contributed by atoms with Gasteiger partial charge in [-0.2, -0.15) is 0 Å². The van der Waals surface area contributed by atoms with E-state index in [1.54, 1.807) is 6.92 Å². The zero-order chi connectivity index (χ0) is 12.5. The number of methoxy groups -OCH3 is 1. The van der Waals surface area contributed by atoms with Crippen LogP contribution in [0, 0.1) is 11.8 Å². The molecule has 0 bridgehead atoms. The Balaban J connectivity index is 2.15. The predicted octanol–water partition coefficient (Wildman–Crippen LogP) is 0.908. The average molecular weight is 242 g/mol. The van der Waals surface area contributed by atoms with E-state index >= 15 is 0 Å². The molecule has 2 unspecified atom stereocenters. The van der Waals surface area contributed by atoms with Crippen LogP contribution in [-0.4, -0.2) is 37.9 Å². The molecule has 0 aromatic carbocycles. The van der Waals surface area contributed by atoms with Gasteiger partial charge in [-0.15, -0.1) is 0 Å². The molecular formula is C12H18O5. The summed E-state index contributed by atoms with van der Waals surface area (Å²) in [6.45, 7) is 2.60. The molecular weight excluding hydrogens is 224 g/mol. The second kappa shape index (κ2) is 4.74. The molecule has 1 aliphatic carbocycles. The molecule has 2 aliphatic rings. The van der Waals surface area contributed by atoms with Crippen molar-refractivity contribution in [1.29, 1.82) is 0 Å². The maximum Gasteiger partial charge on any atom is 0.308 e. The Kier molecular flexibility index (Phi) is 3.49. The third-order valence-electron chi connectivity index (χ3n) is 3.61. The highest BCUT2D eigenvalue weighted by molar-refractivity contribution is 5.80. The van der Waals surface area contributed by atoms with Crippen LogP contribution < -0.4 is 0 Å². The molecule has 0 aromatic rings. The SMILES string of the molecule is COC(=O)C1CC(C(C)=O)CC2(C1)OCCO2. The first kappa shape index (κ1) is 12.5. The molecule has 5 heteroatoms. The molecule has 2 fully saturated rings. The standard InChI is InChI=1S/C12H18O5/c1-8(13)9-5-10(11(14)15-2)7-12(6-9)16-3-4-17-12/h9-10H,3-7H2,1-2H3. The zero-order valence-corrected chi connectivity index (χ0v) is 10.2. The third-order valence-corrected chi connectivity index (χ3v) is 3.61. The molecule has 96 valence electrons. The first-order valence-corrected chi connectivity index (χ1v) is 5.92. The Morgan fingerprint density at radius 3 is 2.29 bits per heavy atom. The molecule has 0 N–H and O–H groups in total. The lowest BCUT2D eigenvalue weighted by molar-refractivity contribution is -0.203. The Bertz CT molecular complexity index is 319. The van der Waals surface area contributed by atoms with Crippen LogP contribution in [0.4, 0.5) is 0 Å². The Morgan fingerprint density at radius 1 is 1.18 bits per heavy atom. The Hall–Kier alpha value is -0.940. The number of hydrogen-bond acceptors (Lipinski definition) is 5. The van der Waals surface area contributed by atoms with Gasteiger partial charge in [0.2, 0.25) is 0 Å². The minimum atomic E-state index is -0.743. The minimum absolute atomic E-state index is 0.0806. The van der Waals surface area contributed by atoms with E-state index < -0.39 is 5.79 Å². The van der Waals surface area contributed by atoms with Crippen molar-refractivity contribution in [2.45, 2.75) is 32.0 Å². The van der Waals surface area contributed by atoms with Crippen molar-refractivity contribution in [3.8, 4) is 0 Å². The van der Waals surface area contributed by atoms with Gasteiger partial charge in [-0.1, -0.05) is 0 Å². The molecule has 17 heavy (non-hydrogen) atoms. The van der Waals surface area contributed by atoms with Gasteiger partial charge in [0, 0.05) is 18.8 Å². The van der Waals surface area contributed by atoms with Gasteiger partial charge in [-0.05, 0) is 13.3 Å². The fourth-order valence-corrected chi connectivity index (χ4v) is 2.73. The number of ether oxygens (including phenoxy) is 3. The number of rotatable bonds is 2. The van der Waals surface area contributed by atoms with Crippen molar-refractivity contribution < 1.29 is 23.8 Å². The molecule has 2 atom stereocenters. The first-order valence-electron chi connectivity index (χ1n) is 5.92. The van der Waals surface area contributed by atoms with E-state index in [0.717, 1.165) is 0 Å². The number of carbonyl (C=O) groups is 2. The van der Waals surface area contributed by atoms with Crippen molar-refractivity contribution in [1.82, 2.24) is 0 Å². The van der Waals surface area contributed by atoms with Crippen LogP contribution in [-0.2, 0) is 23.8 Å². The van der Waals surface area contributed by atoms with Gasteiger partial charge >= 0.3 is 5.97 Å². The van der Waals surface area contributed by atoms with Gasteiger partial charge in [0.25, 0.3) is 0 Å². The largest absolute Gasteiger partial charge is 0.469 e. The molecule has 1 saturated heterocycles. The fourth-order valence-electron chi connectivity index (χ4n) is 2.73. The van der Waals surface area contributed by atoms with Crippen LogP contribution in [0.3, 0.4) is 0 Å². The lowest BCUT2D eigenvalue weighted by atomic mass is 9.76. The van der Waals surface area contributed by atoms with Crippen LogP contribution in [0.1, 0.15) is 26.2 Å². The van der Waals surface area contributed by atoms with Gasteiger partial charge in [0.05, 0.1) is 26.2 Å². The molecule has 1 aliphatic heterocycles. The summed E-state index contributed by atoms with van der Waals surface area (Å²) in [5.74, 6) is -1.42. The Labute approximate surface area is 100 Å². The van der Waals surface area contributed by atoms with E-state index in [9.17, 15) is 9.59 Å². The van der Waals surface area contributed by atoms with Gasteiger partial charge in [-0.3, -0.25) is 9.59 Å². The normalized spacial score (nSPS) is 31.4. The summed E-state index contributed by atoms with van der Waals surface area (Å²) in [7, 11) is 1.36. The lowest BCUT2D eigenvalue weighted by Crippen LogP contribution is -2.44. The van der Waals surface area contributed by atoms with Crippen molar-refractivity contribution in [2.75, 3.05) is 20.3 Å². The van der Waals surface area contributed by atoms with Crippen LogP contribution in [0.25, 0.3) is 0 Å². The quantitative estimate of drug-likeness (QED) is 0.673. The van der Waals surface area contributed by atoms with Crippen molar-refractivity contribution >= 4 is 11.8 Å². The highest BCUT2D eigenvalue weighted by atomic mass is 16.7. The molecule has 0 radical (unpaired) electrons. The number of carbonyl (C=O) groups excluding carboxylic acids is 2. The van der Waals surface area contributed by atoms with Gasteiger partial charge in [0.1, 0.15) is 5.78 Å². The second-order valence-electron chi connectivity index (χ2n) is 4.78. The number of ketones is 1. The fraction of sp³-hybridized carbons (Fsp3) is 0.833. The van der Waals surface area contributed by atoms with Crippen LogP contribution in [0.2, 0.25) is 0 Å². The van der Waals surface area contributed by atoms with Crippen molar-refractivity contribution in [3.05, 3.63) is 0 Å². The highest BCUT2D eigenvalue weighted by Crippen LogP contribution is 2.42. The van der Waals surface area contributed by atoms with Gasteiger partial charge in [-0.25, -0.2) is 0 Å². The maximum absolute atomic E-state index is 11.6. The van der Waals surface area contributed by atoms with Crippen molar-refractivity contribution in [2.24, 2.45) is 11.8 Å². The zero-order valence-electron chi connectivity index (χ0n) is 10.2. The number of Topliss-reactive ketones (excluding diaryl/α,β-unsaturated/α-hetero) is 1. The molecule has 0 aromatic heterocycles. The third kappa shape index (κ3) is 2.50. The van der Waals surface area contributed by atoms with E-state index in [4.69, 9.17) is 14.2 Å². The summed E-state index contributed by atoms with van der Waals surface area (Å²) in [6, 6.07) is 0. The summed E-state index contributed by atoms with van der Waals surface area (Å²) in [6.07, 6.45) is 1.58. The van der Waals surface area contributed by atoms with Gasteiger partial charge in [0.15, 0.2) is 5.79 Å². The molecule has 5 nitrogen and oxygen atoms in total. The summed E-state index contributed by atoms with van der Waals surface area (Å²) >= 11 is 0. The van der Waals surface area contributed by atoms with Crippen LogP contribution >= 0.6 is 0 Å². The predicted molar refractivity (Wildman–Crippen MR) is 58.2 cm³/mol. The maximum atomic E-state index is 11.6. The summed E-state index contributed by atoms with van der Waals surface area (Å²) in [4.78, 5) is 23.2. The van der Waals surface area contributed by atoms with E-state index in [1.807, 2.05) is 0 Å². The Morgan fingerprint density at radius 2 is 1.76 bits per heavy atom. The molecule has 1 heterocycles. The van der Waals surface area contributed by atoms with Crippen LogP contribution in [0.15, 0.2) is 0 Å². The van der Waals surface area contributed by atoms with E-state index in [0.29, 0.717) is 32.5 Å². The number of hydrogen-bond donors (Lipinski definition) is 0. The summed E-state index contributed by atoms with van der Waals surface area (Å²) in [5.41, 5.74) is 0. The lowest BCUT2D eigenvalue weighted by Gasteiger charge is -2.38. The van der Waals surface area contributed by atoms with Crippen molar-refractivity contribution in [3.63, 3.8) is 0 Å². The first-order chi connectivity index (χ1) is 8.06. The average Bonchev–Trinajstić information content (AvgIpc) is 2.75. The number of esters is 1. The summed E-state index contributed by atoms with van der Waals surface area (Å²) < 4.78 is 16.0. The molecule has 1 saturated carbocycles. The molecule has 1 spiro atoms.